The molecule has 20 heavy (non-hydrogen) atoms. The maximum atomic E-state index is 11.3. The van der Waals surface area contributed by atoms with Crippen LogP contribution in [0.15, 0.2) is 60.7 Å². The van der Waals surface area contributed by atoms with Crippen LogP contribution in [0.25, 0.3) is 0 Å². The van der Waals surface area contributed by atoms with Gasteiger partial charge in [0.15, 0.2) is 0 Å². The van der Waals surface area contributed by atoms with Crippen molar-refractivity contribution in [1.29, 1.82) is 0 Å². The van der Waals surface area contributed by atoms with Crippen molar-refractivity contribution >= 4 is 5.97 Å². The topological polar surface area (TPSA) is 49.3 Å². The molecule has 0 saturated carbocycles. The Kier molecular flexibility index (Phi) is 5.33. The van der Waals surface area contributed by atoms with Crippen LogP contribution in [0, 0.1) is 0 Å². The van der Waals surface area contributed by atoms with Crippen LogP contribution in [0.4, 0.5) is 0 Å². The van der Waals surface area contributed by atoms with E-state index in [0.717, 1.165) is 12.0 Å². The summed E-state index contributed by atoms with van der Waals surface area (Å²) in [5.41, 5.74) is 2.25. The molecule has 0 heterocycles. The second-order valence-electron chi connectivity index (χ2n) is 4.77. The molecule has 0 fully saturated rings. The molecule has 2 rings (SSSR count). The standard InChI is InChI=1S/C17H19NO2/c19-17(20)16(13-15-9-5-2-6-10-15)18-12-11-14-7-3-1-4-8-14/h1-10,16,18H,11-13H2,(H,19,20)/t16-/m0/s1. The lowest BCUT2D eigenvalue weighted by Crippen LogP contribution is -2.39. The Balaban J connectivity index is 1.85. The van der Waals surface area contributed by atoms with Crippen LogP contribution in [0.3, 0.4) is 0 Å². The number of carboxylic acid groups (broad SMARTS) is 1. The Morgan fingerprint density at radius 1 is 0.950 bits per heavy atom. The Hall–Kier alpha value is -2.13. The molecule has 0 spiro atoms. The lowest BCUT2D eigenvalue weighted by atomic mass is 10.1. The first-order valence-electron chi connectivity index (χ1n) is 6.80. The minimum Gasteiger partial charge on any atom is -0.480 e. The molecule has 0 amide bonds. The number of carbonyl (C=O) groups is 1. The van der Waals surface area contributed by atoms with Gasteiger partial charge in [-0.05, 0) is 30.5 Å². The number of aliphatic carboxylic acids is 1. The van der Waals surface area contributed by atoms with Gasteiger partial charge in [-0.15, -0.1) is 0 Å². The van der Waals surface area contributed by atoms with Gasteiger partial charge >= 0.3 is 5.97 Å². The van der Waals surface area contributed by atoms with E-state index in [-0.39, 0.29) is 0 Å². The van der Waals surface area contributed by atoms with Gasteiger partial charge in [-0.2, -0.15) is 0 Å². The van der Waals surface area contributed by atoms with Crippen molar-refractivity contribution in [2.75, 3.05) is 6.54 Å². The van der Waals surface area contributed by atoms with Crippen molar-refractivity contribution in [3.8, 4) is 0 Å². The van der Waals surface area contributed by atoms with Crippen molar-refractivity contribution in [2.24, 2.45) is 0 Å². The van der Waals surface area contributed by atoms with E-state index < -0.39 is 12.0 Å². The van der Waals surface area contributed by atoms with Crippen molar-refractivity contribution in [3.05, 3.63) is 71.8 Å². The Bertz CT molecular complexity index is 525. The van der Waals surface area contributed by atoms with Crippen molar-refractivity contribution in [1.82, 2.24) is 5.32 Å². The monoisotopic (exact) mass is 269 g/mol. The highest BCUT2D eigenvalue weighted by atomic mass is 16.4. The predicted molar refractivity (Wildman–Crippen MR) is 79.7 cm³/mol. The van der Waals surface area contributed by atoms with Gasteiger partial charge in [0.1, 0.15) is 6.04 Å². The molecule has 0 radical (unpaired) electrons. The van der Waals surface area contributed by atoms with Crippen molar-refractivity contribution < 1.29 is 9.90 Å². The summed E-state index contributed by atoms with van der Waals surface area (Å²) < 4.78 is 0. The molecule has 0 bridgehead atoms. The van der Waals surface area contributed by atoms with Crippen LogP contribution < -0.4 is 5.32 Å². The quantitative estimate of drug-likeness (QED) is 0.812. The van der Waals surface area contributed by atoms with Gasteiger partial charge in [0.2, 0.25) is 0 Å². The van der Waals surface area contributed by atoms with E-state index in [1.165, 1.54) is 5.56 Å². The zero-order valence-electron chi connectivity index (χ0n) is 11.3. The molecule has 2 N–H and O–H groups in total. The van der Waals surface area contributed by atoms with Gasteiger partial charge in [0.05, 0.1) is 0 Å². The molecule has 0 aromatic heterocycles. The largest absolute Gasteiger partial charge is 0.480 e. The summed E-state index contributed by atoms with van der Waals surface area (Å²) >= 11 is 0. The lowest BCUT2D eigenvalue weighted by Gasteiger charge is -2.14. The molecule has 2 aromatic carbocycles. The van der Waals surface area contributed by atoms with Crippen LogP contribution in [0.5, 0.6) is 0 Å². The highest BCUT2D eigenvalue weighted by Crippen LogP contribution is 2.04. The van der Waals surface area contributed by atoms with Gasteiger partial charge in [-0.3, -0.25) is 4.79 Å². The maximum absolute atomic E-state index is 11.3. The van der Waals surface area contributed by atoms with E-state index in [0.29, 0.717) is 13.0 Å². The highest BCUT2D eigenvalue weighted by molar-refractivity contribution is 5.73. The number of hydrogen-bond acceptors (Lipinski definition) is 2. The summed E-state index contributed by atoms with van der Waals surface area (Å²) in [5, 5.41) is 12.4. The van der Waals surface area contributed by atoms with Crippen molar-refractivity contribution in [2.45, 2.75) is 18.9 Å². The van der Waals surface area contributed by atoms with Gasteiger partial charge in [-0.1, -0.05) is 60.7 Å². The number of carboxylic acids is 1. The summed E-state index contributed by atoms with van der Waals surface area (Å²) in [7, 11) is 0. The fourth-order valence-corrected chi connectivity index (χ4v) is 2.13. The van der Waals surface area contributed by atoms with Crippen LogP contribution in [-0.4, -0.2) is 23.7 Å². The molecule has 0 unspecified atom stereocenters. The third-order valence-electron chi connectivity index (χ3n) is 3.23. The van der Waals surface area contributed by atoms with Crippen molar-refractivity contribution in [3.63, 3.8) is 0 Å². The zero-order chi connectivity index (χ0) is 14.2. The molecule has 2 aromatic rings. The van der Waals surface area contributed by atoms with E-state index in [2.05, 4.69) is 17.4 Å². The average Bonchev–Trinajstić information content (AvgIpc) is 2.48. The normalized spacial score (nSPS) is 12.0. The number of hydrogen-bond donors (Lipinski definition) is 2. The van der Waals surface area contributed by atoms with E-state index in [1.54, 1.807) is 0 Å². The molecule has 0 saturated heterocycles. The minimum atomic E-state index is -0.804. The summed E-state index contributed by atoms with van der Waals surface area (Å²) in [6, 6.07) is 19.2. The highest BCUT2D eigenvalue weighted by Gasteiger charge is 2.16. The minimum absolute atomic E-state index is 0.505. The number of rotatable bonds is 7. The molecule has 3 heteroatoms. The van der Waals surface area contributed by atoms with E-state index >= 15 is 0 Å². The Morgan fingerprint density at radius 2 is 1.50 bits per heavy atom. The van der Waals surface area contributed by atoms with E-state index in [4.69, 9.17) is 0 Å². The van der Waals surface area contributed by atoms with Crippen LogP contribution >= 0.6 is 0 Å². The molecule has 3 nitrogen and oxygen atoms in total. The number of benzene rings is 2. The van der Waals surface area contributed by atoms with E-state index in [1.807, 2.05) is 48.5 Å². The molecular formula is C17H19NO2. The fraction of sp³-hybridized carbons (Fsp3) is 0.235. The summed E-state index contributed by atoms with van der Waals surface area (Å²) in [6.45, 7) is 0.661. The zero-order valence-corrected chi connectivity index (χ0v) is 11.3. The van der Waals surface area contributed by atoms with E-state index in [9.17, 15) is 9.90 Å². The van der Waals surface area contributed by atoms with Gasteiger partial charge < -0.3 is 10.4 Å². The molecule has 0 aliphatic heterocycles. The average molecular weight is 269 g/mol. The van der Waals surface area contributed by atoms with Crippen LogP contribution in [0.2, 0.25) is 0 Å². The maximum Gasteiger partial charge on any atom is 0.321 e. The second kappa shape index (κ2) is 7.46. The molecular weight excluding hydrogens is 250 g/mol. The van der Waals surface area contributed by atoms with Gasteiger partial charge in [-0.25, -0.2) is 0 Å². The number of nitrogens with one attached hydrogen (secondary N) is 1. The Morgan fingerprint density at radius 3 is 2.05 bits per heavy atom. The third kappa shape index (κ3) is 4.52. The molecule has 0 aliphatic carbocycles. The Labute approximate surface area is 119 Å². The summed E-state index contributed by atoms with van der Waals surface area (Å²) in [4.78, 5) is 11.3. The first kappa shape index (κ1) is 14.3. The molecule has 104 valence electrons. The second-order valence-corrected chi connectivity index (χ2v) is 4.77. The SMILES string of the molecule is O=C(O)[C@H](Cc1ccccc1)NCCc1ccccc1. The van der Waals surface area contributed by atoms with Crippen LogP contribution in [0.1, 0.15) is 11.1 Å². The summed E-state index contributed by atoms with van der Waals surface area (Å²) in [6.07, 6.45) is 1.34. The van der Waals surface area contributed by atoms with Gasteiger partial charge in [0.25, 0.3) is 0 Å². The molecule has 0 aliphatic rings. The lowest BCUT2D eigenvalue weighted by molar-refractivity contribution is -0.139. The summed E-state index contributed by atoms with van der Waals surface area (Å²) in [5.74, 6) is -0.804. The fourth-order valence-electron chi connectivity index (χ4n) is 2.13. The third-order valence-corrected chi connectivity index (χ3v) is 3.23. The smallest absolute Gasteiger partial charge is 0.321 e. The first-order chi connectivity index (χ1) is 9.75. The predicted octanol–water partition coefficient (Wildman–Crippen LogP) is 2.51. The molecule has 1 atom stereocenters. The van der Waals surface area contributed by atoms with Gasteiger partial charge in [0, 0.05) is 0 Å². The van der Waals surface area contributed by atoms with Crippen LogP contribution in [-0.2, 0) is 17.6 Å². The first-order valence-corrected chi connectivity index (χ1v) is 6.80.